The summed E-state index contributed by atoms with van der Waals surface area (Å²) in [6.07, 6.45) is 6.20. The first kappa shape index (κ1) is 17.5. The van der Waals surface area contributed by atoms with E-state index in [0.717, 1.165) is 6.54 Å². The van der Waals surface area contributed by atoms with Gasteiger partial charge in [0.15, 0.2) is 0 Å². The number of nitrogens with one attached hydrogen (secondary N) is 1. The standard InChI is InChI=1S/C22H33NO/c1-15(2)17-7-9-19-18(13-17)8-10-20-21(4,14-23-16(3)24)11-6-12-22(19,20)5/h7,9,13,15,20H,6,8,10-12,14H2,1-5H3,(H,23,24). The van der Waals surface area contributed by atoms with Gasteiger partial charge in [0, 0.05) is 13.5 Å². The van der Waals surface area contributed by atoms with E-state index in [1.807, 2.05) is 0 Å². The van der Waals surface area contributed by atoms with Gasteiger partial charge < -0.3 is 5.32 Å². The first-order valence-corrected chi connectivity index (χ1v) is 9.64. The highest BCUT2D eigenvalue weighted by Gasteiger charge is 2.51. The van der Waals surface area contributed by atoms with Crippen LogP contribution in [0.5, 0.6) is 0 Å². The van der Waals surface area contributed by atoms with Crippen molar-refractivity contribution in [3.05, 3.63) is 34.9 Å². The summed E-state index contributed by atoms with van der Waals surface area (Å²) in [5.41, 5.74) is 5.09. The molecule has 2 heteroatoms. The molecule has 0 heterocycles. The Morgan fingerprint density at radius 2 is 2.04 bits per heavy atom. The normalized spacial score (nSPS) is 32.2. The van der Waals surface area contributed by atoms with Crippen molar-refractivity contribution < 1.29 is 4.79 Å². The molecule has 2 nitrogen and oxygen atoms in total. The fraction of sp³-hybridized carbons (Fsp3) is 0.682. The molecule has 2 aliphatic rings. The Morgan fingerprint density at radius 1 is 1.29 bits per heavy atom. The van der Waals surface area contributed by atoms with E-state index in [9.17, 15) is 4.79 Å². The van der Waals surface area contributed by atoms with E-state index >= 15 is 0 Å². The zero-order valence-electron chi connectivity index (χ0n) is 16.0. The van der Waals surface area contributed by atoms with E-state index in [4.69, 9.17) is 0 Å². The van der Waals surface area contributed by atoms with Crippen LogP contribution in [0.2, 0.25) is 0 Å². The lowest BCUT2D eigenvalue weighted by Gasteiger charge is -2.55. The Hall–Kier alpha value is -1.31. The third-order valence-corrected chi connectivity index (χ3v) is 6.91. The Balaban J connectivity index is 1.95. The van der Waals surface area contributed by atoms with Gasteiger partial charge in [0.25, 0.3) is 0 Å². The van der Waals surface area contributed by atoms with Gasteiger partial charge in [0.1, 0.15) is 0 Å². The van der Waals surface area contributed by atoms with Crippen molar-refractivity contribution in [1.29, 1.82) is 0 Å². The summed E-state index contributed by atoms with van der Waals surface area (Å²) < 4.78 is 0. The maximum atomic E-state index is 11.5. The quantitative estimate of drug-likeness (QED) is 0.835. The SMILES string of the molecule is CC(=O)NCC1(C)CCCC2(C)c3ccc(C(C)C)cc3CCC12. The van der Waals surface area contributed by atoms with Crippen molar-refractivity contribution in [2.45, 2.75) is 78.1 Å². The van der Waals surface area contributed by atoms with Gasteiger partial charge in [-0.05, 0) is 65.0 Å². The molecule has 0 spiro atoms. The molecule has 1 saturated carbocycles. The van der Waals surface area contributed by atoms with E-state index in [0.29, 0.717) is 11.8 Å². The Morgan fingerprint density at radius 3 is 2.71 bits per heavy atom. The molecule has 1 fully saturated rings. The molecule has 1 amide bonds. The molecule has 132 valence electrons. The summed E-state index contributed by atoms with van der Waals surface area (Å²) in [5.74, 6) is 1.35. The van der Waals surface area contributed by atoms with E-state index in [1.54, 1.807) is 18.1 Å². The monoisotopic (exact) mass is 327 g/mol. The highest BCUT2D eigenvalue weighted by molar-refractivity contribution is 5.72. The highest BCUT2D eigenvalue weighted by Crippen LogP contribution is 2.57. The van der Waals surface area contributed by atoms with Crippen LogP contribution in [0, 0.1) is 11.3 Å². The fourth-order valence-electron chi connectivity index (χ4n) is 5.54. The second kappa shape index (κ2) is 6.20. The predicted octanol–water partition coefficient (Wildman–Crippen LogP) is 4.96. The number of hydrogen-bond donors (Lipinski definition) is 1. The number of rotatable bonds is 3. The predicted molar refractivity (Wildman–Crippen MR) is 100 cm³/mol. The van der Waals surface area contributed by atoms with Crippen LogP contribution >= 0.6 is 0 Å². The summed E-state index contributed by atoms with van der Waals surface area (Å²) in [7, 11) is 0. The minimum Gasteiger partial charge on any atom is -0.356 e. The van der Waals surface area contributed by atoms with Crippen LogP contribution in [0.1, 0.15) is 82.9 Å². The molecule has 0 aromatic heterocycles. The van der Waals surface area contributed by atoms with Gasteiger partial charge >= 0.3 is 0 Å². The molecule has 24 heavy (non-hydrogen) atoms. The second-order valence-electron chi connectivity index (χ2n) is 9.00. The molecule has 1 aromatic carbocycles. The first-order valence-electron chi connectivity index (χ1n) is 9.64. The van der Waals surface area contributed by atoms with Gasteiger partial charge in [0.2, 0.25) is 5.91 Å². The first-order chi connectivity index (χ1) is 11.3. The van der Waals surface area contributed by atoms with Crippen LogP contribution in [-0.2, 0) is 16.6 Å². The van der Waals surface area contributed by atoms with Gasteiger partial charge in [-0.3, -0.25) is 4.79 Å². The molecular formula is C22H33NO. The maximum Gasteiger partial charge on any atom is 0.216 e. The molecule has 0 saturated heterocycles. The summed E-state index contributed by atoms with van der Waals surface area (Å²) in [6, 6.07) is 7.22. The van der Waals surface area contributed by atoms with Gasteiger partial charge in [0.05, 0.1) is 0 Å². The zero-order chi connectivity index (χ0) is 17.5. The van der Waals surface area contributed by atoms with Crippen LogP contribution in [0.15, 0.2) is 18.2 Å². The topological polar surface area (TPSA) is 29.1 Å². The number of benzene rings is 1. The minimum absolute atomic E-state index is 0.0984. The third kappa shape index (κ3) is 2.89. The van der Waals surface area contributed by atoms with Gasteiger partial charge in [-0.2, -0.15) is 0 Å². The molecule has 0 bridgehead atoms. The smallest absolute Gasteiger partial charge is 0.216 e. The summed E-state index contributed by atoms with van der Waals surface area (Å²) in [6.45, 7) is 11.9. The van der Waals surface area contributed by atoms with Crippen LogP contribution < -0.4 is 5.32 Å². The Bertz CT molecular complexity index is 635. The molecule has 2 aliphatic carbocycles. The molecule has 0 radical (unpaired) electrons. The summed E-state index contributed by atoms with van der Waals surface area (Å²) >= 11 is 0. The molecular weight excluding hydrogens is 294 g/mol. The largest absolute Gasteiger partial charge is 0.356 e. The average molecular weight is 328 g/mol. The zero-order valence-corrected chi connectivity index (χ0v) is 16.0. The van der Waals surface area contributed by atoms with Crippen molar-refractivity contribution >= 4 is 5.91 Å². The molecule has 3 rings (SSSR count). The van der Waals surface area contributed by atoms with Gasteiger partial charge in [-0.15, -0.1) is 0 Å². The van der Waals surface area contributed by atoms with Crippen LogP contribution in [0.25, 0.3) is 0 Å². The summed E-state index contributed by atoms with van der Waals surface area (Å²) in [5, 5.41) is 3.12. The molecule has 1 aromatic rings. The van der Waals surface area contributed by atoms with Gasteiger partial charge in [-0.1, -0.05) is 52.3 Å². The van der Waals surface area contributed by atoms with Crippen LogP contribution in [0.3, 0.4) is 0 Å². The van der Waals surface area contributed by atoms with Gasteiger partial charge in [-0.25, -0.2) is 0 Å². The lowest BCUT2D eigenvalue weighted by molar-refractivity contribution is -0.120. The van der Waals surface area contributed by atoms with Crippen molar-refractivity contribution in [2.75, 3.05) is 6.54 Å². The number of carbonyl (C=O) groups is 1. The van der Waals surface area contributed by atoms with Crippen molar-refractivity contribution in [3.8, 4) is 0 Å². The molecule has 3 atom stereocenters. The number of aryl methyl sites for hydroxylation is 1. The Kier molecular flexibility index (Phi) is 4.53. The maximum absolute atomic E-state index is 11.5. The number of amides is 1. The minimum atomic E-state index is 0.0984. The third-order valence-electron chi connectivity index (χ3n) is 6.91. The number of carbonyl (C=O) groups excluding carboxylic acids is 1. The highest BCUT2D eigenvalue weighted by atomic mass is 16.1. The average Bonchev–Trinajstić information content (AvgIpc) is 2.52. The van der Waals surface area contributed by atoms with Crippen molar-refractivity contribution in [2.24, 2.45) is 11.3 Å². The van der Waals surface area contributed by atoms with E-state index in [1.165, 1.54) is 37.7 Å². The van der Waals surface area contributed by atoms with Crippen molar-refractivity contribution in [3.63, 3.8) is 0 Å². The Labute approximate surface area is 147 Å². The fourth-order valence-corrected chi connectivity index (χ4v) is 5.54. The second-order valence-corrected chi connectivity index (χ2v) is 9.00. The lowest BCUT2D eigenvalue weighted by atomic mass is 9.49. The van der Waals surface area contributed by atoms with Crippen LogP contribution in [-0.4, -0.2) is 12.5 Å². The molecule has 0 aliphatic heterocycles. The van der Waals surface area contributed by atoms with E-state index in [-0.39, 0.29) is 16.7 Å². The summed E-state index contributed by atoms with van der Waals surface area (Å²) in [4.78, 5) is 11.5. The molecule has 1 N–H and O–H groups in total. The van der Waals surface area contributed by atoms with E-state index in [2.05, 4.69) is 51.2 Å². The number of hydrogen-bond acceptors (Lipinski definition) is 1. The number of fused-ring (bicyclic) bond motifs is 3. The van der Waals surface area contributed by atoms with E-state index < -0.39 is 0 Å². The van der Waals surface area contributed by atoms with Crippen molar-refractivity contribution in [1.82, 2.24) is 5.32 Å². The molecule has 3 unspecified atom stereocenters. The van der Waals surface area contributed by atoms with Crippen LogP contribution in [0.4, 0.5) is 0 Å². The lowest BCUT2D eigenvalue weighted by Crippen LogP contribution is -2.53.